The van der Waals surface area contributed by atoms with Crippen LogP contribution >= 0.6 is 23.2 Å². The molecule has 1 heterocycles. The largest absolute Gasteiger partial charge is 0.508 e. The Morgan fingerprint density at radius 2 is 1.83 bits per heavy atom. The molecular weight excluding hydrogens is 351 g/mol. The van der Waals surface area contributed by atoms with Gasteiger partial charge in [-0.15, -0.1) is 0 Å². The van der Waals surface area contributed by atoms with Crippen molar-refractivity contribution >= 4 is 40.7 Å². The van der Waals surface area contributed by atoms with Crippen molar-refractivity contribution in [1.82, 2.24) is 9.97 Å². The highest BCUT2D eigenvalue weighted by atomic mass is 35.5. The summed E-state index contributed by atoms with van der Waals surface area (Å²) in [7, 11) is 0. The molecule has 0 amide bonds. The second-order valence-corrected chi connectivity index (χ2v) is 5.63. The summed E-state index contributed by atoms with van der Waals surface area (Å²) in [6, 6.07) is 11.4. The van der Waals surface area contributed by atoms with E-state index < -0.39 is 0 Å². The summed E-state index contributed by atoms with van der Waals surface area (Å²) >= 11 is 12.0. The molecule has 0 saturated carbocycles. The number of aromatic nitrogens is 2. The van der Waals surface area contributed by atoms with Crippen LogP contribution in [0.15, 0.2) is 48.7 Å². The van der Waals surface area contributed by atoms with Gasteiger partial charge in [0.05, 0.1) is 16.9 Å². The summed E-state index contributed by atoms with van der Waals surface area (Å²) in [4.78, 5) is 8.06. The van der Waals surface area contributed by atoms with Gasteiger partial charge in [-0.2, -0.15) is 4.98 Å². The van der Waals surface area contributed by atoms with Gasteiger partial charge in [-0.1, -0.05) is 23.2 Å². The van der Waals surface area contributed by atoms with Crippen LogP contribution in [0.4, 0.5) is 17.5 Å². The molecule has 0 aliphatic rings. The number of phenolic OH excluding ortho intramolecular Hbond substituents is 1. The number of halogens is 2. The van der Waals surface area contributed by atoms with Gasteiger partial charge in [-0.3, -0.25) is 0 Å². The SMILES string of the molecule is Nc1ncc(Oc2ccc(Cl)cc2)c(Nc2ccc(O)cc2Cl)n1. The topological polar surface area (TPSA) is 93.3 Å². The van der Waals surface area contributed by atoms with Gasteiger partial charge in [0.2, 0.25) is 5.95 Å². The van der Waals surface area contributed by atoms with Crippen molar-refractivity contribution in [1.29, 1.82) is 0 Å². The number of benzene rings is 2. The van der Waals surface area contributed by atoms with Gasteiger partial charge in [-0.05, 0) is 36.4 Å². The van der Waals surface area contributed by atoms with E-state index in [4.69, 9.17) is 33.7 Å². The van der Waals surface area contributed by atoms with E-state index in [1.807, 2.05) is 0 Å². The van der Waals surface area contributed by atoms with Crippen LogP contribution in [-0.4, -0.2) is 15.1 Å². The van der Waals surface area contributed by atoms with Crippen molar-refractivity contribution in [3.8, 4) is 17.2 Å². The number of ether oxygens (including phenoxy) is 1. The molecule has 0 radical (unpaired) electrons. The lowest BCUT2D eigenvalue weighted by Gasteiger charge is -2.13. The van der Waals surface area contributed by atoms with Crippen LogP contribution in [0.5, 0.6) is 17.2 Å². The zero-order chi connectivity index (χ0) is 17.1. The first-order chi connectivity index (χ1) is 11.5. The lowest BCUT2D eigenvalue weighted by molar-refractivity contribution is 0.475. The fourth-order valence-electron chi connectivity index (χ4n) is 1.91. The van der Waals surface area contributed by atoms with Crippen molar-refractivity contribution in [3.63, 3.8) is 0 Å². The molecule has 3 aromatic rings. The third kappa shape index (κ3) is 3.79. The van der Waals surface area contributed by atoms with Gasteiger partial charge in [0.15, 0.2) is 11.6 Å². The lowest BCUT2D eigenvalue weighted by atomic mass is 10.3. The zero-order valence-electron chi connectivity index (χ0n) is 12.2. The zero-order valence-corrected chi connectivity index (χ0v) is 13.7. The van der Waals surface area contributed by atoms with Gasteiger partial charge in [0, 0.05) is 11.1 Å². The Labute approximate surface area is 147 Å². The average molecular weight is 363 g/mol. The number of nitrogens with two attached hydrogens (primary N) is 1. The standard InChI is InChI=1S/C16H12Cl2N4O2/c17-9-1-4-11(5-2-9)24-14-8-20-16(19)22-15(14)21-13-6-3-10(23)7-12(13)18/h1-8,23H,(H3,19,20,21,22). The molecule has 0 unspecified atom stereocenters. The molecule has 0 atom stereocenters. The second-order valence-electron chi connectivity index (χ2n) is 4.79. The predicted molar refractivity (Wildman–Crippen MR) is 94.4 cm³/mol. The molecule has 0 saturated heterocycles. The summed E-state index contributed by atoms with van der Waals surface area (Å²) in [6.07, 6.45) is 1.45. The van der Waals surface area contributed by atoms with E-state index in [0.29, 0.717) is 33.0 Å². The minimum absolute atomic E-state index is 0.0605. The molecule has 0 fully saturated rings. The summed E-state index contributed by atoms with van der Waals surface area (Å²) in [5, 5.41) is 13.4. The monoisotopic (exact) mass is 362 g/mol. The molecule has 3 rings (SSSR count). The Hall–Kier alpha value is -2.70. The Morgan fingerprint density at radius 1 is 1.08 bits per heavy atom. The molecule has 8 heteroatoms. The van der Waals surface area contributed by atoms with Gasteiger partial charge in [0.1, 0.15) is 11.5 Å². The number of nitrogens with zero attached hydrogens (tertiary/aromatic N) is 2. The van der Waals surface area contributed by atoms with Crippen molar-refractivity contribution in [2.24, 2.45) is 0 Å². The third-order valence-corrected chi connectivity index (χ3v) is 3.59. The van der Waals surface area contributed by atoms with Crippen LogP contribution in [0.2, 0.25) is 10.0 Å². The molecule has 24 heavy (non-hydrogen) atoms. The van der Waals surface area contributed by atoms with Gasteiger partial charge < -0.3 is 20.9 Å². The second kappa shape index (κ2) is 6.82. The van der Waals surface area contributed by atoms with Crippen molar-refractivity contribution in [3.05, 3.63) is 58.7 Å². The number of rotatable bonds is 4. The van der Waals surface area contributed by atoms with Crippen molar-refractivity contribution in [2.75, 3.05) is 11.1 Å². The first kappa shape index (κ1) is 16.2. The molecule has 122 valence electrons. The third-order valence-electron chi connectivity index (χ3n) is 3.02. The first-order valence-corrected chi connectivity index (χ1v) is 7.58. The average Bonchev–Trinajstić information content (AvgIpc) is 2.54. The highest BCUT2D eigenvalue weighted by molar-refractivity contribution is 6.33. The quantitative estimate of drug-likeness (QED) is 0.587. The molecule has 0 bridgehead atoms. The van der Waals surface area contributed by atoms with Gasteiger partial charge in [0.25, 0.3) is 0 Å². The number of hydrogen-bond donors (Lipinski definition) is 3. The maximum Gasteiger partial charge on any atom is 0.222 e. The van der Waals surface area contributed by atoms with E-state index in [1.54, 1.807) is 30.3 Å². The Bertz CT molecular complexity index is 872. The number of nitrogens with one attached hydrogen (secondary N) is 1. The van der Waals surface area contributed by atoms with E-state index in [1.165, 1.54) is 18.3 Å². The Kier molecular flexibility index (Phi) is 4.59. The van der Waals surface area contributed by atoms with Gasteiger partial charge >= 0.3 is 0 Å². The molecule has 1 aromatic heterocycles. The number of aromatic hydroxyl groups is 1. The first-order valence-electron chi connectivity index (χ1n) is 6.83. The van der Waals surface area contributed by atoms with Crippen LogP contribution in [0, 0.1) is 0 Å². The van der Waals surface area contributed by atoms with Gasteiger partial charge in [-0.25, -0.2) is 4.98 Å². The molecule has 2 aromatic carbocycles. The highest BCUT2D eigenvalue weighted by Gasteiger charge is 2.11. The minimum Gasteiger partial charge on any atom is -0.508 e. The smallest absolute Gasteiger partial charge is 0.222 e. The molecular formula is C16H12Cl2N4O2. The van der Waals surface area contributed by atoms with Crippen LogP contribution in [0.1, 0.15) is 0 Å². The van der Waals surface area contributed by atoms with E-state index in [9.17, 15) is 5.11 Å². The van der Waals surface area contributed by atoms with E-state index in [2.05, 4.69) is 15.3 Å². The number of phenols is 1. The Morgan fingerprint density at radius 3 is 2.54 bits per heavy atom. The predicted octanol–water partition coefficient (Wildman–Crippen LogP) is 4.61. The molecule has 0 aliphatic heterocycles. The Balaban J connectivity index is 1.91. The summed E-state index contributed by atoms with van der Waals surface area (Å²) in [5.41, 5.74) is 6.18. The van der Waals surface area contributed by atoms with Crippen LogP contribution < -0.4 is 15.8 Å². The molecule has 6 nitrogen and oxygen atoms in total. The van der Waals surface area contributed by atoms with Crippen LogP contribution in [0.3, 0.4) is 0 Å². The number of anilines is 3. The fraction of sp³-hybridized carbons (Fsp3) is 0. The van der Waals surface area contributed by atoms with Crippen molar-refractivity contribution < 1.29 is 9.84 Å². The minimum atomic E-state index is 0.0605. The molecule has 0 aliphatic carbocycles. The fourth-order valence-corrected chi connectivity index (χ4v) is 2.26. The highest BCUT2D eigenvalue weighted by Crippen LogP contribution is 2.34. The van der Waals surface area contributed by atoms with E-state index in [-0.39, 0.29) is 11.7 Å². The normalized spacial score (nSPS) is 10.4. The summed E-state index contributed by atoms with van der Waals surface area (Å²) < 4.78 is 5.76. The summed E-state index contributed by atoms with van der Waals surface area (Å²) in [6.45, 7) is 0. The molecule has 4 N–H and O–H groups in total. The lowest BCUT2D eigenvalue weighted by Crippen LogP contribution is -2.02. The van der Waals surface area contributed by atoms with Crippen molar-refractivity contribution in [2.45, 2.75) is 0 Å². The number of nitrogen functional groups attached to an aromatic ring is 1. The van der Waals surface area contributed by atoms with E-state index in [0.717, 1.165) is 0 Å². The van der Waals surface area contributed by atoms with E-state index >= 15 is 0 Å². The molecule has 0 spiro atoms. The number of hydrogen-bond acceptors (Lipinski definition) is 6. The maximum atomic E-state index is 9.43. The van der Waals surface area contributed by atoms with Crippen LogP contribution in [0.25, 0.3) is 0 Å². The maximum absolute atomic E-state index is 9.43. The van der Waals surface area contributed by atoms with Crippen LogP contribution in [-0.2, 0) is 0 Å². The summed E-state index contributed by atoms with van der Waals surface area (Å²) in [5.74, 6) is 1.40.